The second kappa shape index (κ2) is 6.21. The van der Waals surface area contributed by atoms with Crippen molar-refractivity contribution in [1.29, 1.82) is 0 Å². The first-order valence-electron chi connectivity index (χ1n) is 7.89. The van der Waals surface area contributed by atoms with E-state index in [9.17, 15) is 0 Å². The van der Waals surface area contributed by atoms with Gasteiger partial charge >= 0.3 is 0 Å². The van der Waals surface area contributed by atoms with Crippen LogP contribution in [0.25, 0.3) is 11.2 Å². The molecule has 21 heavy (non-hydrogen) atoms. The smallest absolute Gasteiger partial charge is 0.159 e. The van der Waals surface area contributed by atoms with Crippen LogP contribution in [-0.2, 0) is 13.0 Å². The number of rotatable bonds is 4. The van der Waals surface area contributed by atoms with E-state index >= 15 is 0 Å². The lowest BCUT2D eigenvalue weighted by atomic mass is 10.1. The fourth-order valence-corrected chi connectivity index (χ4v) is 5.89. The van der Waals surface area contributed by atoms with Crippen LogP contribution < -0.4 is 0 Å². The summed E-state index contributed by atoms with van der Waals surface area (Å²) in [6.45, 7) is 1.10. The molecule has 2 saturated heterocycles. The summed E-state index contributed by atoms with van der Waals surface area (Å²) >= 11 is 4.21. The predicted molar refractivity (Wildman–Crippen MR) is 92.1 cm³/mol. The summed E-state index contributed by atoms with van der Waals surface area (Å²) < 4.78 is 2.42. The summed E-state index contributed by atoms with van der Waals surface area (Å²) in [5.41, 5.74) is 2.16. The molecule has 5 heteroatoms. The number of fused-ring (bicyclic) bond motifs is 1. The van der Waals surface area contributed by atoms with Crippen LogP contribution >= 0.6 is 23.5 Å². The first kappa shape index (κ1) is 13.9. The standard InChI is InChI=1S/C16H21N3S2/c1-4-14-16(17-6-1)19(10-12-5-8-20-11-12)15(18-14)9-13-3-2-7-21-13/h1,4,6,12-13H,2-3,5,7-11H2. The van der Waals surface area contributed by atoms with E-state index in [1.54, 1.807) is 0 Å². The van der Waals surface area contributed by atoms with Gasteiger partial charge in [0.1, 0.15) is 11.3 Å². The largest absolute Gasteiger partial charge is 0.312 e. The van der Waals surface area contributed by atoms with Gasteiger partial charge < -0.3 is 4.57 Å². The third-order valence-corrected chi connectivity index (χ3v) is 7.11. The van der Waals surface area contributed by atoms with Gasteiger partial charge in [-0.3, -0.25) is 0 Å². The highest BCUT2D eigenvalue weighted by Crippen LogP contribution is 2.31. The van der Waals surface area contributed by atoms with Gasteiger partial charge in [-0.2, -0.15) is 23.5 Å². The highest BCUT2D eigenvalue weighted by atomic mass is 32.2. The number of pyridine rings is 1. The number of nitrogens with zero attached hydrogens (tertiary/aromatic N) is 3. The quantitative estimate of drug-likeness (QED) is 0.861. The summed E-state index contributed by atoms with van der Waals surface area (Å²) in [4.78, 5) is 9.50. The van der Waals surface area contributed by atoms with Gasteiger partial charge in [-0.25, -0.2) is 9.97 Å². The van der Waals surface area contributed by atoms with E-state index < -0.39 is 0 Å². The number of thioether (sulfide) groups is 2. The molecule has 2 aromatic heterocycles. The maximum atomic E-state index is 4.90. The second-order valence-electron chi connectivity index (χ2n) is 6.05. The van der Waals surface area contributed by atoms with Crippen LogP contribution in [0.15, 0.2) is 18.3 Å². The fourth-order valence-electron chi connectivity index (χ4n) is 3.35. The van der Waals surface area contributed by atoms with Crippen molar-refractivity contribution in [1.82, 2.24) is 14.5 Å². The molecule has 0 saturated carbocycles. The van der Waals surface area contributed by atoms with Crippen LogP contribution in [0.4, 0.5) is 0 Å². The molecule has 2 fully saturated rings. The molecule has 0 N–H and O–H groups in total. The average molecular weight is 319 g/mol. The van der Waals surface area contributed by atoms with Crippen molar-refractivity contribution in [2.24, 2.45) is 5.92 Å². The van der Waals surface area contributed by atoms with Crippen LogP contribution in [0, 0.1) is 5.92 Å². The maximum Gasteiger partial charge on any atom is 0.159 e. The Morgan fingerprint density at radius 2 is 2.29 bits per heavy atom. The molecule has 2 aliphatic rings. The molecule has 0 aliphatic carbocycles. The Kier molecular flexibility index (Phi) is 4.12. The van der Waals surface area contributed by atoms with Crippen molar-refractivity contribution in [3.8, 4) is 0 Å². The Bertz CT molecular complexity index is 613. The zero-order chi connectivity index (χ0) is 14.1. The van der Waals surface area contributed by atoms with Crippen molar-refractivity contribution in [3.05, 3.63) is 24.2 Å². The van der Waals surface area contributed by atoms with Gasteiger partial charge in [0.25, 0.3) is 0 Å². The third-order valence-electron chi connectivity index (χ3n) is 4.48. The van der Waals surface area contributed by atoms with Gasteiger partial charge in [0, 0.05) is 24.4 Å². The molecule has 0 spiro atoms. The van der Waals surface area contributed by atoms with Gasteiger partial charge in [0.05, 0.1) is 0 Å². The Morgan fingerprint density at radius 1 is 1.29 bits per heavy atom. The zero-order valence-corrected chi connectivity index (χ0v) is 13.8. The highest BCUT2D eigenvalue weighted by molar-refractivity contribution is 8.00. The molecular formula is C16H21N3S2. The van der Waals surface area contributed by atoms with Crippen LogP contribution in [0.1, 0.15) is 25.1 Å². The minimum Gasteiger partial charge on any atom is -0.312 e. The van der Waals surface area contributed by atoms with Crippen LogP contribution in [-0.4, -0.2) is 37.0 Å². The van der Waals surface area contributed by atoms with Crippen molar-refractivity contribution in [2.75, 3.05) is 17.3 Å². The summed E-state index contributed by atoms with van der Waals surface area (Å²) in [7, 11) is 0. The van der Waals surface area contributed by atoms with Crippen LogP contribution in [0.2, 0.25) is 0 Å². The molecule has 2 aliphatic heterocycles. The number of aromatic nitrogens is 3. The minimum absolute atomic E-state index is 0.763. The normalized spacial score (nSPS) is 25.9. The van der Waals surface area contributed by atoms with E-state index in [0.717, 1.165) is 35.3 Å². The molecule has 2 atom stereocenters. The Labute approximate surface area is 134 Å². The minimum atomic E-state index is 0.763. The topological polar surface area (TPSA) is 30.7 Å². The van der Waals surface area contributed by atoms with Crippen molar-refractivity contribution in [3.63, 3.8) is 0 Å². The van der Waals surface area contributed by atoms with E-state index in [4.69, 9.17) is 4.98 Å². The number of hydrogen-bond acceptors (Lipinski definition) is 4. The lowest BCUT2D eigenvalue weighted by Crippen LogP contribution is -2.15. The summed E-state index contributed by atoms with van der Waals surface area (Å²) in [6, 6.07) is 4.10. The van der Waals surface area contributed by atoms with E-state index in [0.29, 0.717) is 0 Å². The molecule has 4 rings (SSSR count). The molecule has 2 aromatic rings. The molecule has 0 radical (unpaired) electrons. The maximum absolute atomic E-state index is 4.90. The van der Waals surface area contributed by atoms with Gasteiger partial charge in [0.2, 0.25) is 0 Å². The molecule has 0 amide bonds. The molecule has 3 nitrogen and oxygen atoms in total. The van der Waals surface area contributed by atoms with Gasteiger partial charge in [-0.05, 0) is 54.6 Å². The van der Waals surface area contributed by atoms with Crippen molar-refractivity contribution in [2.45, 2.75) is 37.5 Å². The first-order valence-corrected chi connectivity index (χ1v) is 10.1. The monoisotopic (exact) mass is 319 g/mol. The number of hydrogen-bond donors (Lipinski definition) is 0. The Hall–Kier alpha value is -0.680. The summed E-state index contributed by atoms with van der Waals surface area (Å²) in [6.07, 6.45) is 7.07. The molecule has 2 unspecified atom stereocenters. The van der Waals surface area contributed by atoms with Gasteiger partial charge in [-0.1, -0.05) is 0 Å². The van der Waals surface area contributed by atoms with Crippen LogP contribution in [0.3, 0.4) is 0 Å². The lowest BCUT2D eigenvalue weighted by Gasteiger charge is -2.15. The fraction of sp³-hybridized carbons (Fsp3) is 0.625. The van der Waals surface area contributed by atoms with Gasteiger partial charge in [0.15, 0.2) is 5.65 Å². The average Bonchev–Trinajstić information content (AvgIpc) is 3.23. The molecular weight excluding hydrogens is 298 g/mol. The Balaban J connectivity index is 1.65. The third kappa shape index (κ3) is 2.95. The Morgan fingerprint density at radius 3 is 3.10 bits per heavy atom. The predicted octanol–water partition coefficient (Wildman–Crippen LogP) is 3.62. The molecule has 0 bridgehead atoms. The first-order chi connectivity index (χ1) is 10.4. The van der Waals surface area contributed by atoms with Crippen molar-refractivity contribution < 1.29 is 0 Å². The molecule has 0 aromatic carbocycles. The summed E-state index contributed by atoms with van der Waals surface area (Å²) in [5, 5.41) is 0.763. The summed E-state index contributed by atoms with van der Waals surface area (Å²) in [5.74, 6) is 6.00. The van der Waals surface area contributed by atoms with E-state index in [1.807, 2.05) is 12.3 Å². The zero-order valence-electron chi connectivity index (χ0n) is 12.2. The van der Waals surface area contributed by atoms with E-state index in [2.05, 4.69) is 39.1 Å². The lowest BCUT2D eigenvalue weighted by molar-refractivity contribution is 0.484. The molecule has 4 heterocycles. The SMILES string of the molecule is c1cnc2c(c1)nc(CC1CCCS1)n2CC1CCSC1. The van der Waals surface area contributed by atoms with Crippen LogP contribution in [0.5, 0.6) is 0 Å². The second-order valence-corrected chi connectivity index (χ2v) is 8.61. The highest BCUT2D eigenvalue weighted by Gasteiger charge is 2.23. The van der Waals surface area contributed by atoms with Gasteiger partial charge in [-0.15, -0.1) is 0 Å². The molecule has 112 valence electrons. The van der Waals surface area contributed by atoms with E-state index in [1.165, 1.54) is 42.3 Å². The van der Waals surface area contributed by atoms with Crippen molar-refractivity contribution >= 4 is 34.7 Å². The van der Waals surface area contributed by atoms with E-state index in [-0.39, 0.29) is 0 Å². The number of imidazole rings is 1.